The third kappa shape index (κ3) is 33.3. The van der Waals surface area contributed by atoms with E-state index in [1.54, 1.807) is 64.9 Å². The maximum Gasteiger partial charge on any atom is 0.490 e. The standard InChI is InChI=1S/C55H72N7O24P3S4.2O3S/c1-4-93(90)34-81-45-31-46(83-52(45)84-88(73,74)86-89(75,76)85-87(70,71)72)62-32-36(50(65)61-54(62)69)10-8-20-60-53(68)59-19-6-5-7-22-79-33-91-92-55(2,3)18-24-80-47(63)11-9-23-77-26-27-78-25-21-58-49(64)35-12-15-39(51(66)67)42(28-35)48-40-16-13-37(56)29-43(40)82-44-30-38(57)14-17-41(44)48;2*1-4(2)3/h12-17,28-30,32,45-46,52,56H,4-7,9,11,18-27,31,33-34,57H2,1-3H3,(H,58,64)(H,66,67)(H,73,74)(H,75,76)(H2,59,60,68)(H,61,65,69)(H2,70,71,72);;/p+1/t45?,46-,52-,93?;;/m1../s1. The largest absolute Gasteiger partial charge is 0.490 e. The van der Waals surface area contributed by atoms with Crippen molar-refractivity contribution in [3.8, 4) is 34.3 Å². The lowest BCUT2D eigenvalue weighted by molar-refractivity contribution is -0.172. The maximum absolute atomic E-state index is 13.3. The van der Waals surface area contributed by atoms with E-state index in [1.807, 2.05) is 13.8 Å². The quantitative estimate of drug-likeness (QED) is 0.00394. The fourth-order valence-electron chi connectivity index (χ4n) is 8.60. The number of carbonyl (C=O) groups is 4. The van der Waals surface area contributed by atoms with E-state index >= 15 is 0 Å². The Kier molecular flexibility index (Phi) is 37.0. The lowest BCUT2D eigenvalue weighted by Crippen LogP contribution is -2.44. The number of amides is 3. The number of anilines is 1. The van der Waals surface area contributed by atoms with Crippen LogP contribution in [-0.4, -0.2) is 177 Å². The number of aromatic amines is 1. The number of esters is 1. The summed E-state index contributed by atoms with van der Waals surface area (Å²) in [6, 6.07) is 14.0. The van der Waals surface area contributed by atoms with Gasteiger partial charge in [0.25, 0.3) is 11.5 Å². The van der Waals surface area contributed by atoms with E-state index in [2.05, 4.69) is 41.4 Å². The molecule has 2 aliphatic heterocycles. The molecule has 1 aliphatic carbocycles. The summed E-state index contributed by atoms with van der Waals surface area (Å²) in [5.41, 5.74) is 6.46. The molecule has 1 aromatic heterocycles. The third-order valence-corrected chi connectivity index (χ3v) is 21.9. The van der Waals surface area contributed by atoms with Crippen molar-refractivity contribution in [1.29, 1.82) is 0 Å². The monoisotopic (exact) mass is 1600 g/mol. The summed E-state index contributed by atoms with van der Waals surface area (Å²) in [4.78, 5) is 115. The number of benzene rings is 3. The van der Waals surface area contributed by atoms with Gasteiger partial charge in [-0.25, -0.2) is 28.1 Å². The first kappa shape index (κ1) is 87.0. The lowest BCUT2D eigenvalue weighted by Gasteiger charge is -2.22. The molecular weight excluding hydrogens is 1520 g/mol. The topological polar surface area (TPSA) is 562 Å². The highest BCUT2D eigenvalue weighted by molar-refractivity contribution is 8.77. The van der Waals surface area contributed by atoms with E-state index in [-0.39, 0.29) is 85.7 Å². The number of phosphoric acid groups is 3. The van der Waals surface area contributed by atoms with Crippen molar-refractivity contribution >= 4 is 127 Å². The Hall–Kier alpha value is -6.43. The van der Waals surface area contributed by atoms with Crippen LogP contribution in [0.4, 0.5) is 10.5 Å². The zero-order chi connectivity index (χ0) is 75.1. The number of nitrogen functional groups attached to an aromatic ring is 1. The van der Waals surface area contributed by atoms with E-state index in [4.69, 9.17) is 94.7 Å². The van der Waals surface area contributed by atoms with Crippen LogP contribution in [0.5, 0.6) is 0 Å². The molecule has 3 heterocycles. The van der Waals surface area contributed by atoms with E-state index in [0.29, 0.717) is 95.2 Å². The number of nitrogens with one attached hydrogen (secondary N) is 4. The number of carboxylic acids is 1. The van der Waals surface area contributed by atoms with Gasteiger partial charge in [0.05, 0.1) is 50.5 Å². The van der Waals surface area contributed by atoms with Crippen molar-refractivity contribution in [3.63, 3.8) is 0 Å². The number of nitrogens with two attached hydrogens (primary N) is 2. The van der Waals surface area contributed by atoms with Crippen molar-refractivity contribution in [2.24, 2.45) is 0 Å². The Balaban J connectivity index is 0.00000256. The molecule has 0 saturated carbocycles. The van der Waals surface area contributed by atoms with Crippen LogP contribution >= 0.6 is 45.1 Å². The van der Waals surface area contributed by atoms with Gasteiger partial charge < -0.3 is 79.2 Å². The number of fused-ring (bicyclic) bond motifs is 2. The molecule has 46 heteroatoms. The molecule has 3 aliphatic rings. The average Bonchev–Trinajstić information content (AvgIpc) is 1.25. The van der Waals surface area contributed by atoms with Crippen molar-refractivity contribution in [2.45, 2.75) is 89.1 Å². The number of phosphoric ester groups is 1. The predicted molar refractivity (Wildman–Crippen MR) is 365 cm³/mol. The number of urea groups is 1. The molecule has 1 saturated heterocycles. The first-order valence-electron chi connectivity index (χ1n) is 29.5. The van der Waals surface area contributed by atoms with Gasteiger partial charge in [0.15, 0.2) is 11.6 Å². The van der Waals surface area contributed by atoms with E-state index in [9.17, 15) is 57.4 Å². The molecule has 37 nitrogen and oxygen atoms in total. The van der Waals surface area contributed by atoms with Gasteiger partial charge >= 0.3 is 68.3 Å². The molecule has 3 aromatic rings. The summed E-state index contributed by atoms with van der Waals surface area (Å²) in [7, 11) is -21.1. The van der Waals surface area contributed by atoms with Gasteiger partial charge in [-0.1, -0.05) is 49.8 Å². The second-order valence-electron chi connectivity index (χ2n) is 21.1. The molecule has 558 valence electrons. The van der Waals surface area contributed by atoms with E-state index < -0.39 is 102 Å². The number of hydrogen-bond acceptors (Lipinski definition) is 29. The number of ether oxygens (including phenoxy) is 6. The number of carboxylic acid groups (broad SMARTS) is 1. The van der Waals surface area contributed by atoms with Crippen molar-refractivity contribution < 1.29 is 134 Å². The predicted octanol–water partition coefficient (Wildman–Crippen LogP) is 2.15. The third-order valence-electron chi connectivity index (χ3n) is 13.0. The summed E-state index contributed by atoms with van der Waals surface area (Å²) >= 11 is 5.26. The molecule has 4 unspecified atom stereocenters. The summed E-state index contributed by atoms with van der Waals surface area (Å²) in [6.45, 7) is 8.00. The molecule has 101 heavy (non-hydrogen) atoms. The first-order chi connectivity index (χ1) is 47.5. The van der Waals surface area contributed by atoms with E-state index in [0.717, 1.165) is 23.6 Å². The minimum absolute atomic E-state index is 0.00982. The highest BCUT2D eigenvalue weighted by Gasteiger charge is 2.47. The lowest BCUT2D eigenvalue weighted by atomic mass is 9.89. The van der Waals surface area contributed by atoms with Gasteiger partial charge in [0, 0.05) is 90.0 Å². The number of unbranched alkanes of at least 4 members (excludes halogenated alkanes) is 2. The van der Waals surface area contributed by atoms with Crippen LogP contribution in [0.2, 0.25) is 0 Å². The van der Waals surface area contributed by atoms with Crippen LogP contribution in [0, 0.1) is 11.8 Å². The minimum Gasteiger partial charge on any atom is -0.478 e. The summed E-state index contributed by atoms with van der Waals surface area (Å²) in [5.74, 6) is 4.48. The van der Waals surface area contributed by atoms with Gasteiger partial charge in [-0.05, 0) is 105 Å². The van der Waals surface area contributed by atoms with Crippen molar-refractivity contribution in [3.05, 3.63) is 104 Å². The van der Waals surface area contributed by atoms with Gasteiger partial charge in [-0.15, -0.1) is 25.3 Å². The first-order valence-corrected chi connectivity index (χ1v) is 40.9. The van der Waals surface area contributed by atoms with Gasteiger partial charge in [-0.3, -0.25) is 33.9 Å². The Morgan fingerprint density at radius 3 is 2.21 bits per heavy atom. The zero-order valence-electron chi connectivity index (χ0n) is 53.8. The summed E-state index contributed by atoms with van der Waals surface area (Å²) in [5, 5.41) is 25.3. The Labute approximate surface area is 593 Å². The average molecular weight is 1600 g/mol. The molecule has 13 N–H and O–H groups in total. The Bertz CT molecular complexity index is 4280. The molecule has 0 bridgehead atoms. The summed E-state index contributed by atoms with van der Waals surface area (Å²) < 4.78 is 139. The fraction of sp³-hybridized carbons (Fsp3) is 0.473. The van der Waals surface area contributed by atoms with Crippen LogP contribution < -0.4 is 43.7 Å². The number of carbonyl (C=O) groups excluding carboxylic acids is 3. The fourth-order valence-corrected chi connectivity index (χ4v) is 14.6. The van der Waals surface area contributed by atoms with Gasteiger partial charge in [0.2, 0.25) is 0 Å². The Morgan fingerprint density at radius 2 is 1.52 bits per heavy atom. The molecule has 2 aromatic carbocycles. The number of aromatic nitrogens is 2. The van der Waals surface area contributed by atoms with Crippen LogP contribution in [0.1, 0.15) is 98.2 Å². The molecule has 1 fully saturated rings. The van der Waals surface area contributed by atoms with E-state index in [1.165, 1.54) is 18.2 Å². The highest BCUT2D eigenvalue weighted by Crippen LogP contribution is 2.67. The number of hydrogen-bond donors (Lipinski definition) is 11. The molecule has 6 atom stereocenters. The smallest absolute Gasteiger partial charge is 0.478 e. The number of aromatic carboxylic acids is 1. The normalized spacial score (nSPS) is 15.8. The molecule has 6 rings (SSSR count). The van der Waals surface area contributed by atoms with Crippen LogP contribution in [0.15, 0.2) is 74.8 Å². The van der Waals surface area contributed by atoms with Gasteiger partial charge in [0.1, 0.15) is 35.2 Å². The molecule has 0 spiro atoms. The Morgan fingerprint density at radius 1 is 0.832 bits per heavy atom. The molecule has 0 radical (unpaired) electrons. The highest BCUT2D eigenvalue weighted by atomic mass is 33.1. The second-order valence-corrected chi connectivity index (χ2v) is 32.4. The van der Waals surface area contributed by atoms with Crippen LogP contribution in [-0.2, 0) is 102 Å². The van der Waals surface area contributed by atoms with Crippen LogP contribution in [0.3, 0.4) is 0 Å². The number of H-pyrrole nitrogens is 1. The van der Waals surface area contributed by atoms with Crippen molar-refractivity contribution in [2.75, 3.05) is 82.6 Å². The molecular formula is C55H73N7O30P3S6+. The minimum atomic E-state index is -5.88. The van der Waals surface area contributed by atoms with Crippen LogP contribution in [0.25, 0.3) is 33.4 Å². The zero-order valence-corrected chi connectivity index (χ0v) is 61.4. The summed E-state index contributed by atoms with van der Waals surface area (Å²) in [6.07, 6.45) is -0.386. The SMILES string of the molecule is CCS(=S)COC1C[C@H](n2cc(C#CCNC(=O)NCCCCCOCSSC(C)(C)CCOC(=O)CCCOCCOCCNC(=O)c3ccc(C(=O)O)c(-c4c5ccc(=[NH2+])cc-5oc5cc(N)ccc45)c3)c(=O)[nH]c2=O)O[C@@H]1OP(=O)(O)OP(=O)(O)OP(=O)(O)O.O=S(=O)=O.O=S(=O)=O. The van der Waals surface area contributed by atoms with Crippen molar-refractivity contribution in [1.82, 2.24) is 25.5 Å². The van der Waals surface area contributed by atoms with Gasteiger partial charge in [-0.2, -0.15) is 8.62 Å². The molecule has 3 amide bonds. The number of rotatable bonds is 38. The maximum atomic E-state index is 13.3. The number of nitrogens with zero attached hydrogens (tertiary/aromatic N) is 1. The second kappa shape index (κ2) is 43.0.